The molecular weight excluding hydrogens is 400 g/mol. The van der Waals surface area contributed by atoms with Crippen molar-refractivity contribution >= 4 is 16.8 Å². The minimum atomic E-state index is -0.417. The average molecular weight is 420 g/mol. The number of para-hydroxylation sites is 1. The fourth-order valence-corrected chi connectivity index (χ4v) is 3.50. The van der Waals surface area contributed by atoms with Gasteiger partial charge in [-0.1, -0.05) is 24.3 Å². The van der Waals surface area contributed by atoms with E-state index in [0.29, 0.717) is 46.2 Å². The molecule has 1 aromatic heterocycles. The molecule has 0 atom stereocenters. The Morgan fingerprint density at radius 3 is 2.32 bits per heavy atom. The van der Waals surface area contributed by atoms with Gasteiger partial charge in [0.1, 0.15) is 5.52 Å². The quantitative estimate of drug-likeness (QED) is 0.306. The van der Waals surface area contributed by atoms with Crippen LogP contribution in [0.4, 0.5) is 5.69 Å². The molecule has 8 nitrogen and oxygen atoms in total. The van der Waals surface area contributed by atoms with E-state index in [-0.39, 0.29) is 5.69 Å². The third-order valence-corrected chi connectivity index (χ3v) is 4.91. The van der Waals surface area contributed by atoms with Crippen LogP contribution in [0.1, 0.15) is 11.5 Å². The van der Waals surface area contributed by atoms with Crippen LogP contribution in [0.2, 0.25) is 0 Å². The van der Waals surface area contributed by atoms with E-state index in [1.807, 2.05) is 36.4 Å². The second-order valence-corrected chi connectivity index (χ2v) is 6.78. The standard InChI is InChI=1S/C23H20N2O6/c1-28-19-10-14(11-20(29-2)23(19)30-3)12-21-24-18-9-5-8-17(22(18)31-21)15-6-4-7-16(13-15)25(26)27/h4-11,13H,12H2,1-3H3. The summed E-state index contributed by atoms with van der Waals surface area (Å²) in [4.78, 5) is 15.3. The lowest BCUT2D eigenvalue weighted by Gasteiger charge is -2.13. The maximum Gasteiger partial charge on any atom is 0.270 e. The molecule has 4 aromatic rings. The normalized spacial score (nSPS) is 10.8. The first-order valence-electron chi connectivity index (χ1n) is 9.46. The molecule has 0 N–H and O–H groups in total. The highest BCUT2D eigenvalue weighted by molar-refractivity contribution is 5.90. The number of non-ortho nitro benzene ring substituents is 1. The van der Waals surface area contributed by atoms with Crippen LogP contribution in [0.5, 0.6) is 17.2 Å². The summed E-state index contributed by atoms with van der Waals surface area (Å²) in [7, 11) is 4.67. The highest BCUT2D eigenvalue weighted by Crippen LogP contribution is 2.39. The number of rotatable bonds is 7. The molecule has 0 unspecified atom stereocenters. The molecule has 0 saturated carbocycles. The number of nitro benzene ring substituents is 1. The summed E-state index contributed by atoms with van der Waals surface area (Å²) in [6.45, 7) is 0. The first-order valence-corrected chi connectivity index (χ1v) is 9.46. The summed E-state index contributed by atoms with van der Waals surface area (Å²) >= 11 is 0. The molecular formula is C23H20N2O6. The Morgan fingerprint density at radius 2 is 1.68 bits per heavy atom. The van der Waals surface area contributed by atoms with Gasteiger partial charge in [-0.05, 0) is 29.3 Å². The second kappa shape index (κ2) is 8.35. The van der Waals surface area contributed by atoms with Crippen LogP contribution in [0.3, 0.4) is 0 Å². The first kappa shape index (κ1) is 20.2. The molecule has 1 heterocycles. The Morgan fingerprint density at radius 1 is 0.968 bits per heavy atom. The van der Waals surface area contributed by atoms with Crippen LogP contribution < -0.4 is 14.2 Å². The third kappa shape index (κ3) is 3.87. The van der Waals surface area contributed by atoms with Crippen molar-refractivity contribution in [2.75, 3.05) is 21.3 Å². The minimum Gasteiger partial charge on any atom is -0.493 e. The zero-order chi connectivity index (χ0) is 22.0. The Bertz CT molecular complexity index is 1240. The zero-order valence-corrected chi connectivity index (χ0v) is 17.2. The lowest BCUT2D eigenvalue weighted by Crippen LogP contribution is -1.97. The van der Waals surface area contributed by atoms with E-state index in [1.165, 1.54) is 12.1 Å². The van der Waals surface area contributed by atoms with E-state index in [9.17, 15) is 10.1 Å². The van der Waals surface area contributed by atoms with Gasteiger partial charge in [0.05, 0.1) is 26.3 Å². The summed E-state index contributed by atoms with van der Waals surface area (Å²) in [6, 6.07) is 15.7. The Balaban J connectivity index is 1.74. The number of methoxy groups -OCH3 is 3. The number of aromatic nitrogens is 1. The van der Waals surface area contributed by atoms with E-state index in [4.69, 9.17) is 18.6 Å². The number of benzene rings is 3. The van der Waals surface area contributed by atoms with Gasteiger partial charge in [0.25, 0.3) is 5.69 Å². The molecule has 158 valence electrons. The summed E-state index contributed by atoms with van der Waals surface area (Å²) in [5.41, 5.74) is 3.57. The number of hydrogen-bond donors (Lipinski definition) is 0. The Hall–Kier alpha value is -4.07. The molecule has 0 bridgehead atoms. The second-order valence-electron chi connectivity index (χ2n) is 6.78. The summed E-state index contributed by atoms with van der Waals surface area (Å²) in [5, 5.41) is 11.1. The number of nitrogens with zero attached hydrogens (tertiary/aromatic N) is 2. The molecule has 0 amide bonds. The van der Waals surface area contributed by atoms with Gasteiger partial charge in [-0.25, -0.2) is 4.98 Å². The van der Waals surface area contributed by atoms with Crippen LogP contribution in [-0.4, -0.2) is 31.2 Å². The van der Waals surface area contributed by atoms with E-state index in [2.05, 4.69) is 4.98 Å². The molecule has 8 heteroatoms. The predicted octanol–water partition coefficient (Wildman–Crippen LogP) is 5.02. The number of oxazole rings is 1. The van der Waals surface area contributed by atoms with E-state index < -0.39 is 4.92 Å². The summed E-state index contributed by atoms with van der Waals surface area (Å²) in [6.07, 6.45) is 0.403. The number of nitro groups is 1. The van der Waals surface area contributed by atoms with Crippen LogP contribution in [0, 0.1) is 10.1 Å². The molecule has 0 aliphatic rings. The monoisotopic (exact) mass is 420 g/mol. The van der Waals surface area contributed by atoms with Crippen LogP contribution in [0.25, 0.3) is 22.2 Å². The molecule has 0 aliphatic carbocycles. The minimum absolute atomic E-state index is 0.0201. The van der Waals surface area contributed by atoms with E-state index >= 15 is 0 Å². The van der Waals surface area contributed by atoms with Gasteiger partial charge in [0, 0.05) is 24.1 Å². The van der Waals surface area contributed by atoms with E-state index in [0.717, 1.165) is 11.1 Å². The predicted molar refractivity (Wildman–Crippen MR) is 115 cm³/mol. The topological polar surface area (TPSA) is 96.9 Å². The molecule has 0 spiro atoms. The molecule has 3 aromatic carbocycles. The van der Waals surface area contributed by atoms with Crippen LogP contribution in [-0.2, 0) is 6.42 Å². The van der Waals surface area contributed by atoms with Gasteiger partial charge < -0.3 is 18.6 Å². The fourth-order valence-electron chi connectivity index (χ4n) is 3.50. The molecule has 0 aliphatic heterocycles. The van der Waals surface area contributed by atoms with Gasteiger partial charge in [0.15, 0.2) is 23.0 Å². The number of ether oxygens (including phenoxy) is 3. The zero-order valence-electron chi connectivity index (χ0n) is 17.2. The molecule has 0 saturated heterocycles. The maximum atomic E-state index is 11.1. The SMILES string of the molecule is COc1cc(Cc2nc3cccc(-c4cccc([N+](=O)[O-])c4)c3o2)cc(OC)c1OC. The highest BCUT2D eigenvalue weighted by atomic mass is 16.6. The lowest BCUT2D eigenvalue weighted by molar-refractivity contribution is -0.384. The molecule has 31 heavy (non-hydrogen) atoms. The molecule has 0 radical (unpaired) electrons. The third-order valence-electron chi connectivity index (χ3n) is 4.91. The van der Waals surface area contributed by atoms with Crippen molar-refractivity contribution in [1.82, 2.24) is 4.98 Å². The maximum absolute atomic E-state index is 11.1. The van der Waals surface area contributed by atoms with Crippen molar-refractivity contribution < 1.29 is 23.6 Å². The van der Waals surface area contributed by atoms with Gasteiger partial charge in [-0.15, -0.1) is 0 Å². The number of hydrogen-bond acceptors (Lipinski definition) is 7. The van der Waals surface area contributed by atoms with Gasteiger partial charge in [0.2, 0.25) is 5.75 Å². The van der Waals surface area contributed by atoms with Gasteiger partial charge in [-0.3, -0.25) is 10.1 Å². The van der Waals surface area contributed by atoms with Crippen molar-refractivity contribution in [3.63, 3.8) is 0 Å². The van der Waals surface area contributed by atoms with Crippen LogP contribution >= 0.6 is 0 Å². The van der Waals surface area contributed by atoms with Crippen molar-refractivity contribution in [2.45, 2.75) is 6.42 Å². The first-order chi connectivity index (χ1) is 15.0. The highest BCUT2D eigenvalue weighted by Gasteiger charge is 2.17. The average Bonchev–Trinajstić information content (AvgIpc) is 3.20. The Kier molecular flexibility index (Phi) is 5.44. The summed E-state index contributed by atoms with van der Waals surface area (Å²) < 4.78 is 22.3. The molecule has 4 rings (SSSR count). The van der Waals surface area contributed by atoms with E-state index in [1.54, 1.807) is 27.4 Å². The summed E-state index contributed by atoms with van der Waals surface area (Å²) in [5.74, 6) is 2.11. The Labute approximate surface area is 178 Å². The largest absolute Gasteiger partial charge is 0.493 e. The van der Waals surface area contributed by atoms with Crippen molar-refractivity contribution in [1.29, 1.82) is 0 Å². The van der Waals surface area contributed by atoms with Crippen molar-refractivity contribution in [3.8, 4) is 28.4 Å². The van der Waals surface area contributed by atoms with Crippen molar-refractivity contribution in [3.05, 3.63) is 76.2 Å². The van der Waals surface area contributed by atoms with Crippen LogP contribution in [0.15, 0.2) is 59.0 Å². The fraction of sp³-hybridized carbons (Fsp3) is 0.174. The molecule has 0 fully saturated rings. The van der Waals surface area contributed by atoms with Gasteiger partial charge >= 0.3 is 0 Å². The lowest BCUT2D eigenvalue weighted by atomic mass is 10.0. The smallest absolute Gasteiger partial charge is 0.270 e. The van der Waals surface area contributed by atoms with Gasteiger partial charge in [-0.2, -0.15) is 0 Å². The van der Waals surface area contributed by atoms with Crippen molar-refractivity contribution in [2.24, 2.45) is 0 Å². The number of fused-ring (bicyclic) bond motifs is 1.